The second kappa shape index (κ2) is 5.19. The molecule has 1 aliphatic heterocycles. The number of phenolic OH excluding ortho intramolecular Hbond substituents is 1. The van der Waals surface area contributed by atoms with Crippen LogP contribution in [0.4, 0.5) is 0 Å². The lowest BCUT2D eigenvalue weighted by molar-refractivity contribution is 0.0747. The van der Waals surface area contributed by atoms with Gasteiger partial charge in [0.05, 0.1) is 5.56 Å². The number of benzene rings is 1. The van der Waals surface area contributed by atoms with E-state index >= 15 is 0 Å². The molecule has 1 fully saturated rings. The average Bonchev–Trinajstić information content (AvgIpc) is 2.34. The fourth-order valence-corrected chi connectivity index (χ4v) is 2.05. The number of hydrogen-bond donors (Lipinski definition) is 2. The predicted molar refractivity (Wildman–Crippen MR) is 65.7 cm³/mol. The Balaban J connectivity index is 2.06. The highest BCUT2D eigenvalue weighted by atomic mass is 16.3. The predicted octanol–water partition coefficient (Wildman–Crippen LogP) is 1.83. The third-order valence-corrected chi connectivity index (χ3v) is 3.10. The fourth-order valence-electron chi connectivity index (χ4n) is 2.05. The second-order valence-corrected chi connectivity index (χ2v) is 4.46. The van der Waals surface area contributed by atoms with E-state index < -0.39 is 0 Å². The molecular weight excluding hydrogens is 216 g/mol. The van der Waals surface area contributed by atoms with E-state index in [1.54, 1.807) is 25.1 Å². The number of rotatable bonds is 2. The normalized spacial score (nSPS) is 16.8. The smallest absolute Gasteiger partial charge is 0.269 e. The van der Waals surface area contributed by atoms with E-state index in [1.165, 1.54) is 6.42 Å². The topological polar surface area (TPSA) is 52.6 Å². The van der Waals surface area contributed by atoms with Gasteiger partial charge in [0, 0.05) is 13.1 Å². The summed E-state index contributed by atoms with van der Waals surface area (Å²) >= 11 is 0. The van der Waals surface area contributed by atoms with Crippen LogP contribution in [0.25, 0.3) is 0 Å². The molecule has 17 heavy (non-hydrogen) atoms. The van der Waals surface area contributed by atoms with Gasteiger partial charge in [-0.25, -0.2) is 5.01 Å². The van der Waals surface area contributed by atoms with Crippen molar-refractivity contribution in [3.63, 3.8) is 0 Å². The minimum Gasteiger partial charge on any atom is -0.507 e. The van der Waals surface area contributed by atoms with Gasteiger partial charge in [0.2, 0.25) is 0 Å². The van der Waals surface area contributed by atoms with Crippen LogP contribution in [-0.4, -0.2) is 29.1 Å². The number of phenols is 1. The van der Waals surface area contributed by atoms with Crippen LogP contribution < -0.4 is 5.43 Å². The van der Waals surface area contributed by atoms with Gasteiger partial charge in [-0.3, -0.25) is 10.2 Å². The van der Waals surface area contributed by atoms with Gasteiger partial charge in [-0.15, -0.1) is 0 Å². The summed E-state index contributed by atoms with van der Waals surface area (Å²) in [5, 5.41) is 11.7. The highest BCUT2D eigenvalue weighted by Crippen LogP contribution is 2.21. The molecule has 0 unspecified atom stereocenters. The van der Waals surface area contributed by atoms with Gasteiger partial charge < -0.3 is 5.11 Å². The van der Waals surface area contributed by atoms with Gasteiger partial charge in [-0.05, 0) is 31.4 Å². The van der Waals surface area contributed by atoms with Crippen molar-refractivity contribution in [2.75, 3.05) is 13.1 Å². The average molecular weight is 234 g/mol. The summed E-state index contributed by atoms with van der Waals surface area (Å²) in [4.78, 5) is 12.0. The van der Waals surface area contributed by atoms with E-state index in [-0.39, 0.29) is 11.7 Å². The van der Waals surface area contributed by atoms with E-state index in [0.29, 0.717) is 5.56 Å². The molecule has 2 N–H and O–H groups in total. The standard InChI is InChI=1S/C13H18N2O2/c1-10-6-5-7-11(12(10)16)13(17)14-15-8-3-2-4-9-15/h5-7,16H,2-4,8-9H2,1H3,(H,14,17). The largest absolute Gasteiger partial charge is 0.507 e. The molecule has 1 saturated heterocycles. The van der Waals surface area contributed by atoms with E-state index in [2.05, 4.69) is 5.43 Å². The first-order chi connectivity index (χ1) is 8.18. The number of hydrazine groups is 1. The van der Waals surface area contributed by atoms with E-state index in [1.807, 2.05) is 5.01 Å². The maximum Gasteiger partial charge on any atom is 0.269 e. The molecule has 1 amide bonds. The number of carbonyl (C=O) groups excluding carboxylic acids is 1. The third kappa shape index (κ3) is 2.77. The van der Waals surface area contributed by atoms with E-state index in [9.17, 15) is 9.90 Å². The van der Waals surface area contributed by atoms with Crippen LogP contribution in [-0.2, 0) is 0 Å². The summed E-state index contributed by atoms with van der Waals surface area (Å²) in [6.07, 6.45) is 3.45. The van der Waals surface area contributed by atoms with Crippen molar-refractivity contribution in [2.24, 2.45) is 0 Å². The van der Waals surface area contributed by atoms with Crippen molar-refractivity contribution in [3.05, 3.63) is 29.3 Å². The maximum atomic E-state index is 12.0. The van der Waals surface area contributed by atoms with Crippen LogP contribution in [0.3, 0.4) is 0 Å². The Morgan fingerprint density at radius 2 is 2.00 bits per heavy atom. The first-order valence-corrected chi connectivity index (χ1v) is 6.03. The minimum atomic E-state index is -0.229. The molecule has 92 valence electrons. The molecule has 0 spiro atoms. The summed E-state index contributed by atoms with van der Waals surface area (Å²) in [6.45, 7) is 3.56. The van der Waals surface area contributed by atoms with Gasteiger partial charge in [0.1, 0.15) is 5.75 Å². The SMILES string of the molecule is Cc1cccc(C(=O)NN2CCCCC2)c1O. The first kappa shape index (κ1) is 11.9. The highest BCUT2D eigenvalue weighted by molar-refractivity contribution is 5.96. The van der Waals surface area contributed by atoms with Crippen molar-refractivity contribution in [1.82, 2.24) is 10.4 Å². The number of nitrogens with one attached hydrogen (secondary N) is 1. The van der Waals surface area contributed by atoms with Gasteiger partial charge in [0.25, 0.3) is 5.91 Å². The van der Waals surface area contributed by atoms with Crippen molar-refractivity contribution < 1.29 is 9.90 Å². The van der Waals surface area contributed by atoms with Crippen LogP contribution >= 0.6 is 0 Å². The van der Waals surface area contributed by atoms with Crippen molar-refractivity contribution >= 4 is 5.91 Å². The zero-order chi connectivity index (χ0) is 12.3. The monoisotopic (exact) mass is 234 g/mol. The molecule has 1 aromatic rings. The number of para-hydroxylation sites is 1. The summed E-state index contributed by atoms with van der Waals surface area (Å²) in [7, 11) is 0. The van der Waals surface area contributed by atoms with Crippen LogP contribution in [0.15, 0.2) is 18.2 Å². The third-order valence-electron chi connectivity index (χ3n) is 3.10. The summed E-state index contributed by atoms with van der Waals surface area (Å²) < 4.78 is 0. The lowest BCUT2D eigenvalue weighted by atomic mass is 10.1. The molecule has 0 bridgehead atoms. The molecule has 0 saturated carbocycles. The maximum absolute atomic E-state index is 12.0. The first-order valence-electron chi connectivity index (χ1n) is 6.03. The second-order valence-electron chi connectivity index (χ2n) is 4.46. The quantitative estimate of drug-likeness (QED) is 0.821. The Morgan fingerprint density at radius 1 is 1.29 bits per heavy atom. The Hall–Kier alpha value is -1.55. The highest BCUT2D eigenvalue weighted by Gasteiger charge is 2.16. The number of amides is 1. The summed E-state index contributed by atoms with van der Waals surface area (Å²) in [5.41, 5.74) is 3.90. The molecular formula is C13H18N2O2. The number of nitrogens with zero attached hydrogens (tertiary/aromatic N) is 1. The van der Waals surface area contributed by atoms with Crippen LogP contribution in [0.2, 0.25) is 0 Å². The zero-order valence-corrected chi connectivity index (χ0v) is 10.1. The fraction of sp³-hybridized carbons (Fsp3) is 0.462. The summed E-state index contributed by atoms with van der Waals surface area (Å²) in [6, 6.07) is 5.20. The van der Waals surface area contributed by atoms with Crippen LogP contribution in [0.1, 0.15) is 35.2 Å². The van der Waals surface area contributed by atoms with Crippen LogP contribution in [0, 0.1) is 6.92 Å². The number of piperidine rings is 1. The number of aryl methyl sites for hydroxylation is 1. The lowest BCUT2D eigenvalue weighted by Crippen LogP contribution is -2.45. The Morgan fingerprint density at radius 3 is 2.71 bits per heavy atom. The van der Waals surface area contributed by atoms with E-state index in [0.717, 1.165) is 31.5 Å². The molecule has 4 nitrogen and oxygen atoms in total. The van der Waals surface area contributed by atoms with Crippen molar-refractivity contribution in [1.29, 1.82) is 0 Å². The van der Waals surface area contributed by atoms with Gasteiger partial charge in [-0.2, -0.15) is 0 Å². The number of carbonyl (C=O) groups is 1. The molecule has 0 aliphatic carbocycles. The Labute approximate surface area is 101 Å². The Bertz CT molecular complexity index is 412. The van der Waals surface area contributed by atoms with Crippen molar-refractivity contribution in [3.8, 4) is 5.75 Å². The van der Waals surface area contributed by atoms with Crippen molar-refractivity contribution in [2.45, 2.75) is 26.2 Å². The number of hydrogen-bond acceptors (Lipinski definition) is 3. The van der Waals surface area contributed by atoms with Crippen LogP contribution in [0.5, 0.6) is 5.75 Å². The van der Waals surface area contributed by atoms with Gasteiger partial charge >= 0.3 is 0 Å². The molecule has 1 aromatic carbocycles. The minimum absolute atomic E-state index is 0.0713. The zero-order valence-electron chi connectivity index (χ0n) is 10.1. The van der Waals surface area contributed by atoms with E-state index in [4.69, 9.17) is 0 Å². The number of aromatic hydroxyl groups is 1. The molecule has 0 radical (unpaired) electrons. The molecule has 0 aromatic heterocycles. The molecule has 1 aliphatic rings. The molecule has 2 rings (SSSR count). The van der Waals surface area contributed by atoms with Gasteiger partial charge in [0.15, 0.2) is 0 Å². The molecule has 1 heterocycles. The summed E-state index contributed by atoms with van der Waals surface area (Å²) in [5.74, 6) is -0.157. The van der Waals surface area contributed by atoms with Gasteiger partial charge in [-0.1, -0.05) is 18.6 Å². The lowest BCUT2D eigenvalue weighted by Gasteiger charge is -2.26. The molecule has 4 heteroatoms. The Kier molecular flexibility index (Phi) is 3.64. The molecule has 0 atom stereocenters.